The average molecular weight is 255 g/mol. The average Bonchev–Trinajstić information content (AvgIpc) is 2.38. The molecule has 0 unspecified atom stereocenters. The lowest BCUT2D eigenvalue weighted by atomic mass is 10.1. The number of methoxy groups -OCH3 is 3. The van der Waals surface area contributed by atoms with Gasteiger partial charge in [0.2, 0.25) is 0 Å². The number of hydrazine groups is 1. The maximum Gasteiger partial charge on any atom is 0.164 e. The van der Waals surface area contributed by atoms with E-state index in [0.717, 1.165) is 11.3 Å². The molecule has 0 saturated carbocycles. The van der Waals surface area contributed by atoms with E-state index in [9.17, 15) is 0 Å². The van der Waals surface area contributed by atoms with Crippen LogP contribution < -0.4 is 25.5 Å². The molecular formula is C12H21N3O3. The summed E-state index contributed by atoms with van der Waals surface area (Å²) in [4.78, 5) is 2.02. The number of nitrogens with one attached hydrogen (secondary N) is 1. The summed E-state index contributed by atoms with van der Waals surface area (Å²) in [6.45, 7) is 1.27. The Kier molecular flexibility index (Phi) is 5.70. The van der Waals surface area contributed by atoms with E-state index in [0.29, 0.717) is 24.7 Å². The van der Waals surface area contributed by atoms with E-state index in [-0.39, 0.29) is 0 Å². The minimum Gasteiger partial charge on any atom is -0.496 e. The normalized spacial score (nSPS) is 10.6. The van der Waals surface area contributed by atoms with Crippen molar-refractivity contribution in [2.24, 2.45) is 5.84 Å². The highest BCUT2D eigenvalue weighted by Crippen LogP contribution is 2.34. The molecule has 0 saturated heterocycles. The number of hydrogen-bond donors (Lipinski definition) is 2. The maximum absolute atomic E-state index is 5.35. The van der Waals surface area contributed by atoms with Gasteiger partial charge in [0.05, 0.1) is 28.0 Å². The molecule has 102 valence electrons. The number of benzene rings is 1. The number of hydrogen-bond acceptors (Lipinski definition) is 6. The molecule has 0 bridgehead atoms. The summed E-state index contributed by atoms with van der Waals surface area (Å²) in [6, 6.07) is 3.72. The van der Waals surface area contributed by atoms with Crippen LogP contribution in [0.1, 0.15) is 5.56 Å². The molecule has 1 rings (SSSR count). The third-order valence-electron chi connectivity index (χ3n) is 2.59. The van der Waals surface area contributed by atoms with Crippen LogP contribution in [-0.2, 0) is 6.54 Å². The van der Waals surface area contributed by atoms with Gasteiger partial charge in [-0.1, -0.05) is 0 Å². The van der Waals surface area contributed by atoms with E-state index in [2.05, 4.69) is 5.43 Å². The second kappa shape index (κ2) is 7.05. The lowest BCUT2D eigenvalue weighted by molar-refractivity contribution is 0.292. The highest BCUT2D eigenvalue weighted by Gasteiger charge is 2.12. The Hall–Kier alpha value is -1.50. The molecule has 0 atom stereocenters. The van der Waals surface area contributed by atoms with Crippen LogP contribution >= 0.6 is 0 Å². The smallest absolute Gasteiger partial charge is 0.164 e. The van der Waals surface area contributed by atoms with Gasteiger partial charge in [0.15, 0.2) is 11.5 Å². The number of nitrogens with two attached hydrogens (primary N) is 1. The number of nitrogens with zero attached hydrogens (tertiary/aromatic N) is 1. The van der Waals surface area contributed by atoms with E-state index in [1.807, 2.05) is 24.1 Å². The molecule has 1 aromatic carbocycles. The molecule has 0 fully saturated rings. The predicted molar refractivity (Wildman–Crippen MR) is 69.8 cm³/mol. The third kappa shape index (κ3) is 3.49. The van der Waals surface area contributed by atoms with Gasteiger partial charge < -0.3 is 14.2 Å². The van der Waals surface area contributed by atoms with Gasteiger partial charge in [-0.15, -0.1) is 0 Å². The highest BCUT2D eigenvalue weighted by atomic mass is 16.5. The lowest BCUT2D eigenvalue weighted by Crippen LogP contribution is -2.35. The summed E-state index contributed by atoms with van der Waals surface area (Å²) in [7, 11) is 6.79. The fourth-order valence-electron chi connectivity index (χ4n) is 1.72. The van der Waals surface area contributed by atoms with E-state index >= 15 is 0 Å². The molecule has 0 amide bonds. The largest absolute Gasteiger partial charge is 0.496 e. The molecule has 1 aromatic rings. The second-order valence-corrected chi connectivity index (χ2v) is 3.90. The van der Waals surface area contributed by atoms with Crippen LogP contribution in [0.5, 0.6) is 17.2 Å². The van der Waals surface area contributed by atoms with Crippen LogP contribution in [0, 0.1) is 0 Å². The van der Waals surface area contributed by atoms with Gasteiger partial charge in [-0.3, -0.25) is 10.7 Å². The van der Waals surface area contributed by atoms with Crippen LogP contribution in [-0.4, -0.2) is 39.9 Å². The maximum atomic E-state index is 5.35. The zero-order chi connectivity index (χ0) is 13.5. The zero-order valence-electron chi connectivity index (χ0n) is 11.3. The summed E-state index contributed by atoms with van der Waals surface area (Å²) < 4.78 is 15.9. The minimum atomic E-state index is 0.581. The van der Waals surface area contributed by atoms with Gasteiger partial charge in [-0.05, 0) is 13.1 Å². The summed E-state index contributed by atoms with van der Waals surface area (Å²) in [5, 5.41) is 0. The second-order valence-electron chi connectivity index (χ2n) is 3.90. The van der Waals surface area contributed by atoms with Crippen LogP contribution in [0.4, 0.5) is 0 Å². The van der Waals surface area contributed by atoms with Gasteiger partial charge >= 0.3 is 0 Å². The Morgan fingerprint density at radius 3 is 2.11 bits per heavy atom. The van der Waals surface area contributed by atoms with Gasteiger partial charge in [0.1, 0.15) is 5.75 Å². The van der Waals surface area contributed by atoms with Crippen molar-refractivity contribution >= 4 is 0 Å². The van der Waals surface area contributed by atoms with Crippen LogP contribution in [0.3, 0.4) is 0 Å². The molecule has 0 aliphatic rings. The van der Waals surface area contributed by atoms with Gasteiger partial charge in [-0.25, -0.2) is 5.43 Å². The quantitative estimate of drug-likeness (QED) is 0.421. The molecule has 0 radical (unpaired) electrons. The predicted octanol–water partition coefficient (Wildman–Crippen LogP) is 0.565. The standard InChI is InChI=1S/C12H21N3O3/c1-15(8-14-13)7-9-5-11(17-3)12(18-4)6-10(9)16-2/h5-6,14H,7-8,13H2,1-4H3. The third-order valence-corrected chi connectivity index (χ3v) is 2.59. The summed E-state index contributed by atoms with van der Waals surface area (Å²) >= 11 is 0. The molecule has 18 heavy (non-hydrogen) atoms. The fraction of sp³-hybridized carbons (Fsp3) is 0.500. The number of rotatable bonds is 7. The Morgan fingerprint density at radius 2 is 1.61 bits per heavy atom. The van der Waals surface area contributed by atoms with Crippen molar-refractivity contribution in [1.29, 1.82) is 0 Å². The molecule has 0 heterocycles. The Morgan fingerprint density at radius 1 is 1.06 bits per heavy atom. The van der Waals surface area contributed by atoms with Gasteiger partial charge in [0, 0.05) is 18.2 Å². The molecule has 0 spiro atoms. The fourth-order valence-corrected chi connectivity index (χ4v) is 1.72. The van der Waals surface area contributed by atoms with Crippen molar-refractivity contribution in [2.75, 3.05) is 35.0 Å². The summed E-state index contributed by atoms with van der Waals surface area (Å²) in [5.41, 5.74) is 3.61. The van der Waals surface area contributed by atoms with Crippen molar-refractivity contribution in [3.05, 3.63) is 17.7 Å². The first-order chi connectivity index (χ1) is 8.65. The Labute approximate surface area is 108 Å². The van der Waals surface area contributed by atoms with Gasteiger partial charge in [0.25, 0.3) is 0 Å². The molecule has 0 aliphatic carbocycles. The molecule has 3 N–H and O–H groups in total. The molecular weight excluding hydrogens is 234 g/mol. The first-order valence-corrected chi connectivity index (χ1v) is 5.57. The molecule has 6 nitrogen and oxygen atoms in total. The van der Waals surface area contributed by atoms with Crippen molar-refractivity contribution in [2.45, 2.75) is 6.54 Å². The van der Waals surface area contributed by atoms with Crippen LogP contribution in [0.15, 0.2) is 12.1 Å². The lowest BCUT2D eigenvalue weighted by Gasteiger charge is -2.19. The first kappa shape index (κ1) is 14.6. The monoisotopic (exact) mass is 255 g/mol. The van der Waals surface area contributed by atoms with E-state index in [1.54, 1.807) is 21.3 Å². The highest BCUT2D eigenvalue weighted by molar-refractivity contribution is 5.50. The molecule has 6 heteroatoms. The van der Waals surface area contributed by atoms with E-state index in [1.165, 1.54) is 0 Å². The van der Waals surface area contributed by atoms with Crippen molar-refractivity contribution < 1.29 is 14.2 Å². The Balaban J connectivity index is 3.01. The Bertz CT molecular complexity index is 385. The summed E-state index contributed by atoms with van der Waals surface area (Å²) in [6.07, 6.45) is 0. The van der Waals surface area contributed by atoms with E-state index < -0.39 is 0 Å². The van der Waals surface area contributed by atoms with Gasteiger partial charge in [-0.2, -0.15) is 0 Å². The topological polar surface area (TPSA) is 69.0 Å². The molecule has 0 aromatic heterocycles. The van der Waals surface area contributed by atoms with Crippen molar-refractivity contribution in [1.82, 2.24) is 10.3 Å². The van der Waals surface area contributed by atoms with Crippen LogP contribution in [0.25, 0.3) is 0 Å². The summed E-state index contributed by atoms with van der Waals surface area (Å²) in [5.74, 6) is 7.38. The SMILES string of the molecule is COc1cc(OC)c(OC)cc1CN(C)CNN. The first-order valence-electron chi connectivity index (χ1n) is 5.57. The minimum absolute atomic E-state index is 0.581. The molecule has 0 aliphatic heterocycles. The zero-order valence-corrected chi connectivity index (χ0v) is 11.3. The van der Waals surface area contributed by atoms with Crippen molar-refractivity contribution in [3.63, 3.8) is 0 Å². The number of ether oxygens (including phenoxy) is 3. The van der Waals surface area contributed by atoms with E-state index in [4.69, 9.17) is 20.1 Å². The van der Waals surface area contributed by atoms with Crippen molar-refractivity contribution in [3.8, 4) is 17.2 Å². The van der Waals surface area contributed by atoms with Crippen LogP contribution in [0.2, 0.25) is 0 Å².